The summed E-state index contributed by atoms with van der Waals surface area (Å²) < 4.78 is 9.73. The molecule has 8 heteroatoms. The number of rotatable bonds is 7. The summed E-state index contributed by atoms with van der Waals surface area (Å²) in [4.78, 5) is 15.2. The van der Waals surface area contributed by atoms with Crippen LogP contribution in [0.2, 0.25) is 0 Å². The van der Waals surface area contributed by atoms with Crippen LogP contribution >= 0.6 is 0 Å². The molecule has 0 spiro atoms. The third-order valence-corrected chi connectivity index (χ3v) is 13.2. The summed E-state index contributed by atoms with van der Waals surface area (Å²) in [5.74, 6) is 2.15. The molecule has 0 N–H and O–H groups in total. The van der Waals surface area contributed by atoms with Crippen molar-refractivity contribution in [1.82, 2.24) is 19.5 Å². The Balaban J connectivity index is 0.00000484. The fraction of sp³-hybridized carbons (Fsp3) is 0.107. The molecule has 0 bridgehead atoms. The van der Waals surface area contributed by atoms with Crippen LogP contribution in [0.4, 0.5) is 0 Å². The van der Waals surface area contributed by atoms with Crippen molar-refractivity contribution in [3.05, 3.63) is 198 Å². The van der Waals surface area contributed by atoms with Crippen LogP contribution in [0.5, 0.6) is 11.5 Å². The Kier molecular flexibility index (Phi) is 10.6. The minimum atomic E-state index is -0.140. The maximum Gasteiger partial charge on any atom is 2.00 e. The number of benzene rings is 7. The van der Waals surface area contributed by atoms with E-state index in [0.29, 0.717) is 11.5 Å². The summed E-state index contributed by atoms with van der Waals surface area (Å²) in [6.45, 7) is 13.1. The number of aryl methyl sites for hydroxylation is 6. The molecule has 3 aromatic heterocycles. The van der Waals surface area contributed by atoms with Gasteiger partial charge in [0, 0.05) is 30.0 Å². The monoisotopic (exact) mass is 1010 g/mol. The van der Waals surface area contributed by atoms with Gasteiger partial charge in [-0.2, -0.15) is 5.46 Å². The van der Waals surface area contributed by atoms with Crippen LogP contribution in [0.1, 0.15) is 33.4 Å². The van der Waals surface area contributed by atoms with E-state index in [4.69, 9.17) is 19.7 Å². The predicted octanol–water partition coefficient (Wildman–Crippen LogP) is 8.65. The van der Waals surface area contributed by atoms with Gasteiger partial charge in [-0.25, -0.2) is 0 Å². The minimum Gasteiger partial charge on any atom is -0.653 e. The molecule has 0 aliphatic carbocycles. The number of hydrogen-bond donors (Lipinski definition) is 0. The molecule has 1 aliphatic heterocycles. The van der Waals surface area contributed by atoms with Crippen LogP contribution in [0, 0.1) is 47.6 Å². The summed E-state index contributed by atoms with van der Waals surface area (Å²) >= 11 is 0. The zero-order chi connectivity index (χ0) is 42.9. The average Bonchev–Trinajstić information content (AvgIpc) is 3.93. The Morgan fingerprint density at radius 2 is 1.11 bits per heavy atom. The van der Waals surface area contributed by atoms with E-state index in [1.165, 1.54) is 60.7 Å². The second-order valence-electron chi connectivity index (χ2n) is 17.1. The number of para-hydroxylation sites is 3. The number of imidazole rings is 1. The maximum atomic E-state index is 7.52. The van der Waals surface area contributed by atoms with Crippen molar-refractivity contribution in [2.45, 2.75) is 41.5 Å². The number of aromatic nitrogens is 4. The molecule has 0 saturated heterocycles. The first-order valence-corrected chi connectivity index (χ1v) is 21.8. The Hall–Kier alpha value is -6.68. The van der Waals surface area contributed by atoms with E-state index in [1.807, 2.05) is 36.7 Å². The summed E-state index contributed by atoms with van der Waals surface area (Å²) in [5.41, 5.74) is 20.3. The van der Waals surface area contributed by atoms with Crippen molar-refractivity contribution in [2.75, 3.05) is 0 Å². The number of ether oxygens (including phenoxy) is 1. The Labute approximate surface area is 390 Å². The van der Waals surface area contributed by atoms with Gasteiger partial charge in [-0.3, -0.25) is 9.97 Å². The Morgan fingerprint density at radius 1 is 0.531 bits per heavy atom. The molecular formula is C56H44B2N4OPt. The largest absolute Gasteiger partial charge is 2.00 e. The molecule has 10 aromatic rings. The first kappa shape index (κ1) is 41.3. The topological polar surface area (TPSA) is 54.0 Å². The molecular weight excluding hydrogens is 961 g/mol. The quantitative estimate of drug-likeness (QED) is 0.119. The van der Waals surface area contributed by atoms with Crippen molar-refractivity contribution in [1.29, 1.82) is 0 Å². The molecule has 0 unspecified atom stereocenters. The molecule has 0 amide bonds. The molecule has 5 nitrogen and oxygen atoms in total. The normalized spacial score (nSPS) is 12.0. The molecule has 7 aromatic carbocycles. The van der Waals surface area contributed by atoms with Gasteiger partial charge in [-0.05, 0) is 87.2 Å². The average molecular weight is 1010 g/mol. The Morgan fingerprint density at radius 3 is 1.77 bits per heavy atom. The fourth-order valence-corrected chi connectivity index (χ4v) is 10.5. The van der Waals surface area contributed by atoms with Crippen molar-refractivity contribution < 1.29 is 25.8 Å². The molecule has 1 aliphatic rings. The standard InChI is InChI=1S/C56H44B2N4O.Pt/c1-34-16-11-17-35(2)50(34)57-44-25-7-8-26-45(44)58(51-36(3)18-12-19-37(51)4)52-46(57)32-40(56-60-30-31-62(56)55-38(5)20-13-21-39(55)6)33-49(52)63-48-28-15-23-42-41-22-14-24-43(53(41)61-54(42)48)47-27-9-10-29-59-47;/h7-32H,1-6H3;/q-2;+2. The van der Waals surface area contributed by atoms with Gasteiger partial charge in [-0.15, -0.1) is 22.6 Å². The molecule has 0 saturated carbocycles. The van der Waals surface area contributed by atoms with Crippen LogP contribution < -0.4 is 42.5 Å². The van der Waals surface area contributed by atoms with Crippen LogP contribution in [0.15, 0.2) is 158 Å². The van der Waals surface area contributed by atoms with E-state index in [-0.39, 0.29) is 34.5 Å². The van der Waals surface area contributed by atoms with Gasteiger partial charge in [0.05, 0.1) is 11.5 Å². The molecule has 64 heavy (non-hydrogen) atoms. The summed E-state index contributed by atoms with van der Waals surface area (Å²) in [6, 6.07) is 53.7. The second kappa shape index (κ2) is 16.5. The maximum absolute atomic E-state index is 7.52. The summed E-state index contributed by atoms with van der Waals surface area (Å²) in [6.07, 6.45) is 5.79. The predicted molar refractivity (Wildman–Crippen MR) is 263 cm³/mol. The van der Waals surface area contributed by atoms with Crippen molar-refractivity contribution in [3.63, 3.8) is 0 Å². The zero-order valence-corrected chi connectivity index (χ0v) is 39.0. The summed E-state index contributed by atoms with van der Waals surface area (Å²) in [5, 5.41) is 2.09. The molecule has 310 valence electrons. The van der Waals surface area contributed by atoms with Crippen LogP contribution in [0.25, 0.3) is 50.1 Å². The van der Waals surface area contributed by atoms with E-state index in [0.717, 1.165) is 55.6 Å². The van der Waals surface area contributed by atoms with E-state index < -0.39 is 0 Å². The van der Waals surface area contributed by atoms with Gasteiger partial charge in [0.2, 0.25) is 6.71 Å². The SMILES string of the molecule is Cc1cccc(C)c1B1c2ccccc2B(c2c(C)cccc2C)c2c(Oc3cccc4c3[n-]c3c(-c5ccccn5)cccc34)[c-]c(-c3nccn3-c3c(C)cccc3C)cc21.[Pt+2]. The second-order valence-corrected chi connectivity index (χ2v) is 17.1. The number of hydrogen-bond acceptors (Lipinski definition) is 3. The van der Waals surface area contributed by atoms with E-state index in [2.05, 4.69) is 174 Å². The summed E-state index contributed by atoms with van der Waals surface area (Å²) in [7, 11) is 0. The van der Waals surface area contributed by atoms with Crippen molar-refractivity contribution >= 4 is 68.0 Å². The van der Waals surface area contributed by atoms with Gasteiger partial charge >= 0.3 is 21.1 Å². The number of fused-ring (bicyclic) bond motifs is 5. The van der Waals surface area contributed by atoms with Gasteiger partial charge < -0.3 is 14.3 Å². The van der Waals surface area contributed by atoms with E-state index in [1.54, 1.807) is 0 Å². The molecule has 0 atom stereocenters. The van der Waals surface area contributed by atoms with Crippen molar-refractivity contribution in [2.24, 2.45) is 0 Å². The Bertz CT molecular complexity index is 3370. The van der Waals surface area contributed by atoms with Gasteiger partial charge in [0.1, 0.15) is 5.75 Å². The van der Waals surface area contributed by atoms with Crippen LogP contribution in [-0.2, 0) is 21.1 Å². The molecule has 0 radical (unpaired) electrons. The van der Waals surface area contributed by atoms with Gasteiger partial charge in [0.15, 0.2) is 6.71 Å². The third-order valence-electron chi connectivity index (χ3n) is 13.2. The van der Waals surface area contributed by atoms with Crippen LogP contribution in [-0.4, -0.2) is 28.0 Å². The van der Waals surface area contributed by atoms with Crippen molar-refractivity contribution in [3.8, 4) is 39.8 Å². The van der Waals surface area contributed by atoms with Gasteiger partial charge in [0.25, 0.3) is 0 Å². The third kappa shape index (κ3) is 6.68. The van der Waals surface area contributed by atoms with E-state index in [9.17, 15) is 0 Å². The molecule has 4 heterocycles. The minimum absolute atomic E-state index is 0. The zero-order valence-electron chi connectivity index (χ0n) is 36.7. The first-order valence-electron chi connectivity index (χ1n) is 21.8. The first-order chi connectivity index (χ1) is 30.8. The molecule has 11 rings (SSSR count). The van der Waals surface area contributed by atoms with E-state index >= 15 is 0 Å². The van der Waals surface area contributed by atoms with Gasteiger partial charge in [-0.1, -0.05) is 171 Å². The number of nitrogens with zero attached hydrogens (tertiary/aromatic N) is 4. The van der Waals surface area contributed by atoms with Crippen LogP contribution in [0.3, 0.4) is 0 Å². The number of pyridine rings is 1. The fourth-order valence-electron chi connectivity index (χ4n) is 10.5. The molecule has 0 fully saturated rings. The smallest absolute Gasteiger partial charge is 0.653 e.